The summed E-state index contributed by atoms with van der Waals surface area (Å²) >= 11 is 0. The Morgan fingerprint density at radius 2 is 2.08 bits per heavy atom. The van der Waals surface area contributed by atoms with Gasteiger partial charge in [0.15, 0.2) is 0 Å². The molecule has 1 heterocycles. The lowest BCUT2D eigenvalue weighted by Crippen LogP contribution is -2.04. The normalized spacial score (nSPS) is 21.4. The maximum absolute atomic E-state index is 4.40. The zero-order chi connectivity index (χ0) is 8.55. The fraction of sp³-hybridized carbons (Fsp3) is 0.600. The third-order valence-electron chi connectivity index (χ3n) is 2.65. The molecule has 0 saturated heterocycles. The summed E-state index contributed by atoms with van der Waals surface area (Å²) in [5, 5.41) is 0. The van der Waals surface area contributed by atoms with Crippen LogP contribution in [0.15, 0.2) is 12.4 Å². The Morgan fingerprint density at radius 3 is 2.83 bits per heavy atom. The van der Waals surface area contributed by atoms with E-state index in [2.05, 4.69) is 23.8 Å². The summed E-state index contributed by atoms with van der Waals surface area (Å²) in [5.74, 6) is 1.34. The topological polar surface area (TPSA) is 25.8 Å². The minimum absolute atomic E-state index is 0.647. The molecular formula is C10H14N2. The van der Waals surface area contributed by atoms with Crippen LogP contribution < -0.4 is 0 Å². The highest BCUT2D eigenvalue weighted by atomic mass is 14.8. The average Bonchev–Trinajstić information content (AvgIpc) is 2.47. The van der Waals surface area contributed by atoms with E-state index in [1.165, 1.54) is 17.8 Å². The third-order valence-corrected chi connectivity index (χ3v) is 2.65. The summed E-state index contributed by atoms with van der Waals surface area (Å²) in [4.78, 5) is 8.73. The maximum Gasteiger partial charge on any atom is 0.0652 e. The maximum atomic E-state index is 4.40. The van der Waals surface area contributed by atoms with E-state index >= 15 is 0 Å². The first-order chi connectivity index (χ1) is 5.79. The molecule has 2 rings (SSSR count). The molecule has 0 amide bonds. The van der Waals surface area contributed by atoms with E-state index in [4.69, 9.17) is 0 Å². The first-order valence-corrected chi connectivity index (χ1v) is 4.59. The molecule has 0 aliphatic heterocycles. The van der Waals surface area contributed by atoms with Gasteiger partial charge in [0.2, 0.25) is 0 Å². The Balaban J connectivity index is 2.36. The van der Waals surface area contributed by atoms with Crippen molar-refractivity contribution in [3.05, 3.63) is 23.8 Å². The molecule has 1 aromatic heterocycles. The lowest BCUT2D eigenvalue weighted by atomic mass is 9.94. The number of nitrogens with zero attached hydrogens (tertiary/aromatic N) is 2. The van der Waals surface area contributed by atoms with E-state index in [0.717, 1.165) is 6.42 Å². The molecule has 0 saturated carbocycles. The molecule has 0 spiro atoms. The number of rotatable bonds is 1. The monoisotopic (exact) mass is 162 g/mol. The van der Waals surface area contributed by atoms with Gasteiger partial charge in [-0.2, -0.15) is 0 Å². The van der Waals surface area contributed by atoms with E-state index in [1.807, 2.05) is 0 Å². The Bertz CT molecular complexity index is 281. The highest BCUT2D eigenvalue weighted by molar-refractivity contribution is 5.22. The third kappa shape index (κ3) is 1.11. The highest BCUT2D eigenvalue weighted by Gasteiger charge is 2.26. The van der Waals surface area contributed by atoms with Crippen LogP contribution in [0.4, 0.5) is 0 Å². The van der Waals surface area contributed by atoms with Gasteiger partial charge in [0.1, 0.15) is 0 Å². The van der Waals surface area contributed by atoms with Crippen LogP contribution in [-0.2, 0) is 6.42 Å². The predicted octanol–water partition coefficient (Wildman–Crippen LogP) is 2.16. The van der Waals surface area contributed by atoms with Crippen molar-refractivity contribution in [2.45, 2.75) is 32.6 Å². The first-order valence-electron chi connectivity index (χ1n) is 4.59. The second-order valence-electron chi connectivity index (χ2n) is 3.78. The van der Waals surface area contributed by atoms with Crippen LogP contribution >= 0.6 is 0 Å². The fourth-order valence-corrected chi connectivity index (χ4v) is 1.96. The zero-order valence-electron chi connectivity index (χ0n) is 7.62. The average molecular weight is 162 g/mol. The molecule has 2 nitrogen and oxygen atoms in total. The molecule has 1 aliphatic carbocycles. The number of fused-ring (bicyclic) bond motifs is 1. The van der Waals surface area contributed by atoms with E-state index in [0.29, 0.717) is 11.8 Å². The smallest absolute Gasteiger partial charge is 0.0652 e. The van der Waals surface area contributed by atoms with Crippen LogP contribution in [0.5, 0.6) is 0 Å². The summed E-state index contributed by atoms with van der Waals surface area (Å²) in [6, 6.07) is 0. The van der Waals surface area contributed by atoms with Crippen LogP contribution in [0.3, 0.4) is 0 Å². The standard InChI is InChI=1S/C10H14N2/c1-7(2)8-3-4-9-10(8)12-6-5-11-9/h5-8H,3-4H2,1-2H3. The van der Waals surface area contributed by atoms with E-state index in [1.54, 1.807) is 12.4 Å². The van der Waals surface area contributed by atoms with E-state index in [9.17, 15) is 0 Å². The Morgan fingerprint density at radius 1 is 1.33 bits per heavy atom. The van der Waals surface area contributed by atoms with Gasteiger partial charge in [-0.1, -0.05) is 13.8 Å². The molecule has 64 valence electrons. The van der Waals surface area contributed by atoms with Crippen molar-refractivity contribution in [2.24, 2.45) is 5.92 Å². The summed E-state index contributed by atoms with van der Waals surface area (Å²) in [5.41, 5.74) is 2.46. The Labute approximate surface area is 73.1 Å². The van der Waals surface area contributed by atoms with Crippen LogP contribution in [0.2, 0.25) is 0 Å². The highest BCUT2D eigenvalue weighted by Crippen LogP contribution is 2.35. The number of aromatic nitrogens is 2. The van der Waals surface area contributed by atoms with Gasteiger partial charge in [-0.15, -0.1) is 0 Å². The number of hydrogen-bond acceptors (Lipinski definition) is 2. The van der Waals surface area contributed by atoms with Gasteiger partial charge in [0.05, 0.1) is 11.4 Å². The van der Waals surface area contributed by atoms with Crippen LogP contribution in [-0.4, -0.2) is 9.97 Å². The van der Waals surface area contributed by atoms with Crippen molar-refractivity contribution >= 4 is 0 Å². The van der Waals surface area contributed by atoms with Crippen LogP contribution in [0.1, 0.15) is 37.6 Å². The second-order valence-corrected chi connectivity index (χ2v) is 3.78. The quantitative estimate of drug-likeness (QED) is 0.632. The minimum atomic E-state index is 0.647. The Hall–Kier alpha value is -0.920. The van der Waals surface area contributed by atoms with Crippen molar-refractivity contribution in [1.29, 1.82) is 0 Å². The predicted molar refractivity (Wildman–Crippen MR) is 47.9 cm³/mol. The van der Waals surface area contributed by atoms with Crippen molar-refractivity contribution in [3.63, 3.8) is 0 Å². The molecule has 0 fully saturated rings. The minimum Gasteiger partial charge on any atom is -0.258 e. The lowest BCUT2D eigenvalue weighted by molar-refractivity contribution is 0.487. The Kier molecular flexibility index (Phi) is 1.83. The SMILES string of the molecule is CC(C)C1CCc2nccnc21. The molecular weight excluding hydrogens is 148 g/mol. The molecule has 1 atom stereocenters. The molecule has 0 radical (unpaired) electrons. The second kappa shape index (κ2) is 2.85. The van der Waals surface area contributed by atoms with Crippen molar-refractivity contribution < 1.29 is 0 Å². The van der Waals surface area contributed by atoms with Crippen LogP contribution in [0, 0.1) is 5.92 Å². The largest absolute Gasteiger partial charge is 0.258 e. The van der Waals surface area contributed by atoms with Gasteiger partial charge in [-0.05, 0) is 18.8 Å². The van der Waals surface area contributed by atoms with Crippen molar-refractivity contribution in [2.75, 3.05) is 0 Å². The van der Waals surface area contributed by atoms with E-state index in [-0.39, 0.29) is 0 Å². The van der Waals surface area contributed by atoms with Gasteiger partial charge in [-0.25, -0.2) is 0 Å². The molecule has 2 heteroatoms. The molecule has 1 aromatic rings. The molecule has 1 unspecified atom stereocenters. The van der Waals surface area contributed by atoms with Crippen molar-refractivity contribution in [1.82, 2.24) is 9.97 Å². The van der Waals surface area contributed by atoms with Gasteiger partial charge in [0, 0.05) is 18.3 Å². The zero-order valence-corrected chi connectivity index (χ0v) is 7.62. The summed E-state index contributed by atoms with van der Waals surface area (Å²) in [7, 11) is 0. The summed E-state index contributed by atoms with van der Waals surface area (Å²) in [6.07, 6.45) is 5.95. The van der Waals surface area contributed by atoms with Crippen molar-refractivity contribution in [3.8, 4) is 0 Å². The van der Waals surface area contributed by atoms with Gasteiger partial charge in [-0.3, -0.25) is 9.97 Å². The van der Waals surface area contributed by atoms with E-state index < -0.39 is 0 Å². The molecule has 1 aliphatic rings. The summed E-state index contributed by atoms with van der Waals surface area (Å²) < 4.78 is 0. The van der Waals surface area contributed by atoms with Gasteiger partial charge < -0.3 is 0 Å². The van der Waals surface area contributed by atoms with Crippen LogP contribution in [0.25, 0.3) is 0 Å². The molecule has 0 bridgehead atoms. The number of aryl methyl sites for hydroxylation is 1. The fourth-order valence-electron chi connectivity index (χ4n) is 1.96. The number of hydrogen-bond donors (Lipinski definition) is 0. The first kappa shape index (κ1) is 7.71. The molecule has 0 N–H and O–H groups in total. The lowest BCUT2D eigenvalue weighted by Gasteiger charge is -2.13. The summed E-state index contributed by atoms with van der Waals surface area (Å²) in [6.45, 7) is 4.52. The van der Waals surface area contributed by atoms with Gasteiger partial charge in [0.25, 0.3) is 0 Å². The molecule has 0 aromatic carbocycles. The molecule has 12 heavy (non-hydrogen) atoms. The van der Waals surface area contributed by atoms with Gasteiger partial charge >= 0.3 is 0 Å².